The Labute approximate surface area is 134 Å². The van der Waals surface area contributed by atoms with E-state index in [0.717, 1.165) is 5.56 Å². The predicted octanol–water partition coefficient (Wildman–Crippen LogP) is 4.19. The molecule has 2 aromatic heterocycles. The van der Waals surface area contributed by atoms with E-state index in [1.807, 2.05) is 24.3 Å². The van der Waals surface area contributed by atoms with Gasteiger partial charge in [0.25, 0.3) is 0 Å². The van der Waals surface area contributed by atoms with Crippen molar-refractivity contribution in [1.29, 1.82) is 0 Å². The van der Waals surface area contributed by atoms with Crippen LogP contribution in [0, 0.1) is 4.91 Å². The van der Waals surface area contributed by atoms with Gasteiger partial charge in [0.05, 0.1) is 6.61 Å². The molecule has 1 N–H and O–H groups in total. The molecule has 23 heavy (non-hydrogen) atoms. The van der Waals surface area contributed by atoms with Crippen molar-refractivity contribution in [3.8, 4) is 11.3 Å². The molecule has 0 aliphatic heterocycles. The summed E-state index contributed by atoms with van der Waals surface area (Å²) >= 11 is 0. The Bertz CT molecular complexity index is 858. The first-order valence-electron chi connectivity index (χ1n) is 7.50. The average Bonchev–Trinajstić information content (AvgIpc) is 2.91. The van der Waals surface area contributed by atoms with Crippen LogP contribution in [0.25, 0.3) is 16.9 Å². The maximum absolute atomic E-state index is 11.3. The minimum Gasteiger partial charge on any atom is -0.392 e. The number of pyridine rings is 1. The van der Waals surface area contributed by atoms with E-state index in [-0.39, 0.29) is 17.8 Å². The van der Waals surface area contributed by atoms with Crippen LogP contribution in [0.1, 0.15) is 31.9 Å². The second-order valence-electron chi connectivity index (χ2n) is 6.63. The van der Waals surface area contributed by atoms with Gasteiger partial charge in [0.15, 0.2) is 0 Å². The third-order valence-electron chi connectivity index (χ3n) is 3.95. The quantitative estimate of drug-likeness (QED) is 0.738. The molecule has 118 valence electrons. The van der Waals surface area contributed by atoms with Crippen LogP contribution in [-0.2, 0) is 12.0 Å². The molecule has 0 unspecified atom stereocenters. The van der Waals surface area contributed by atoms with Crippen molar-refractivity contribution in [3.05, 3.63) is 58.6 Å². The Kier molecular flexibility index (Phi) is 3.74. The highest BCUT2D eigenvalue weighted by molar-refractivity contribution is 5.74. The molecule has 0 fully saturated rings. The van der Waals surface area contributed by atoms with E-state index in [4.69, 9.17) is 0 Å². The van der Waals surface area contributed by atoms with Crippen molar-refractivity contribution in [2.24, 2.45) is 5.18 Å². The summed E-state index contributed by atoms with van der Waals surface area (Å²) in [5.41, 5.74) is 4.02. The Balaban J connectivity index is 2.14. The highest BCUT2D eigenvalue weighted by atomic mass is 16.3. The summed E-state index contributed by atoms with van der Waals surface area (Å²) in [6.07, 6.45) is 1.69. The number of benzene rings is 1. The highest BCUT2D eigenvalue weighted by Gasteiger charge is 2.17. The third kappa shape index (κ3) is 2.75. The highest BCUT2D eigenvalue weighted by Crippen LogP contribution is 2.32. The topological polar surface area (TPSA) is 67.0 Å². The van der Waals surface area contributed by atoms with E-state index in [2.05, 4.69) is 30.9 Å². The number of rotatable bonds is 3. The first-order valence-corrected chi connectivity index (χ1v) is 7.50. The van der Waals surface area contributed by atoms with Crippen LogP contribution in [0.5, 0.6) is 0 Å². The van der Waals surface area contributed by atoms with Crippen molar-refractivity contribution in [3.63, 3.8) is 0 Å². The van der Waals surface area contributed by atoms with Gasteiger partial charge in [0.1, 0.15) is 11.3 Å². The predicted molar refractivity (Wildman–Crippen MR) is 90.7 cm³/mol. The van der Waals surface area contributed by atoms with Gasteiger partial charge in [-0.05, 0) is 27.8 Å². The Morgan fingerprint density at radius 2 is 1.83 bits per heavy atom. The summed E-state index contributed by atoms with van der Waals surface area (Å²) in [4.78, 5) is 15.8. The van der Waals surface area contributed by atoms with Gasteiger partial charge in [-0.3, -0.25) is 4.40 Å². The van der Waals surface area contributed by atoms with Crippen molar-refractivity contribution < 1.29 is 5.11 Å². The number of imidazole rings is 1. The molecule has 0 spiro atoms. The zero-order chi connectivity index (χ0) is 16.6. The minimum absolute atomic E-state index is 0.0687. The molecule has 2 heterocycles. The van der Waals surface area contributed by atoms with Gasteiger partial charge in [-0.25, -0.2) is 4.98 Å². The summed E-state index contributed by atoms with van der Waals surface area (Å²) in [5.74, 6) is 0.249. The van der Waals surface area contributed by atoms with Crippen LogP contribution in [0.3, 0.4) is 0 Å². The maximum atomic E-state index is 11.3. The van der Waals surface area contributed by atoms with Crippen LogP contribution >= 0.6 is 0 Å². The minimum atomic E-state index is -0.0952. The van der Waals surface area contributed by atoms with Gasteiger partial charge < -0.3 is 5.11 Å². The molecule has 0 amide bonds. The standard InChI is InChI=1S/C18H19N3O2/c1-18(2,3)14-7-5-13(6-8-14)16-17(20-23)21-10-12(11-22)4-9-15(21)19-16/h4-10,22H,11H2,1-3H3. The third-order valence-corrected chi connectivity index (χ3v) is 3.95. The first-order chi connectivity index (χ1) is 10.9. The number of hydrogen-bond donors (Lipinski definition) is 1. The lowest BCUT2D eigenvalue weighted by Gasteiger charge is -2.18. The SMILES string of the molecule is CC(C)(C)c1ccc(-c2nc3ccc(CO)cn3c2N=O)cc1. The van der Waals surface area contributed by atoms with Crippen LogP contribution in [-0.4, -0.2) is 14.5 Å². The fourth-order valence-corrected chi connectivity index (χ4v) is 2.58. The molecule has 0 atom stereocenters. The van der Waals surface area contributed by atoms with Crippen molar-refractivity contribution in [1.82, 2.24) is 9.38 Å². The molecular weight excluding hydrogens is 290 g/mol. The van der Waals surface area contributed by atoms with Gasteiger partial charge >= 0.3 is 0 Å². The zero-order valence-electron chi connectivity index (χ0n) is 13.4. The molecule has 0 saturated heterocycles. The van der Waals surface area contributed by atoms with Gasteiger partial charge in [-0.1, -0.05) is 51.1 Å². The van der Waals surface area contributed by atoms with Crippen LogP contribution in [0.4, 0.5) is 5.82 Å². The molecule has 0 bridgehead atoms. The lowest BCUT2D eigenvalue weighted by molar-refractivity contribution is 0.281. The fraction of sp³-hybridized carbons (Fsp3) is 0.278. The smallest absolute Gasteiger partial charge is 0.209 e. The second kappa shape index (κ2) is 5.59. The van der Waals surface area contributed by atoms with Crippen molar-refractivity contribution >= 4 is 11.5 Å². The van der Waals surface area contributed by atoms with Crippen molar-refractivity contribution in [2.45, 2.75) is 32.8 Å². The van der Waals surface area contributed by atoms with Gasteiger partial charge in [-0.15, -0.1) is 4.91 Å². The molecule has 0 aliphatic rings. The monoisotopic (exact) mass is 309 g/mol. The maximum Gasteiger partial charge on any atom is 0.209 e. The molecule has 1 aromatic carbocycles. The summed E-state index contributed by atoms with van der Waals surface area (Å²) < 4.78 is 1.62. The van der Waals surface area contributed by atoms with Gasteiger partial charge in [0.2, 0.25) is 5.82 Å². The zero-order valence-corrected chi connectivity index (χ0v) is 13.4. The summed E-state index contributed by atoms with van der Waals surface area (Å²) in [6, 6.07) is 11.6. The van der Waals surface area contributed by atoms with E-state index < -0.39 is 0 Å². The average molecular weight is 309 g/mol. The van der Waals surface area contributed by atoms with Gasteiger partial charge in [0, 0.05) is 11.8 Å². The fourth-order valence-electron chi connectivity index (χ4n) is 2.58. The number of aromatic nitrogens is 2. The molecule has 0 radical (unpaired) electrons. The lowest BCUT2D eigenvalue weighted by Crippen LogP contribution is -2.10. The number of hydrogen-bond acceptors (Lipinski definition) is 4. The van der Waals surface area contributed by atoms with Crippen molar-refractivity contribution in [2.75, 3.05) is 0 Å². The van der Waals surface area contributed by atoms with Crippen LogP contribution in [0.2, 0.25) is 0 Å². The molecule has 5 heteroatoms. The first kappa shape index (κ1) is 15.4. The molecule has 0 aliphatic carbocycles. The number of fused-ring (bicyclic) bond motifs is 1. The summed E-state index contributed by atoms with van der Waals surface area (Å²) in [6.45, 7) is 6.37. The van der Waals surface area contributed by atoms with E-state index in [1.165, 1.54) is 5.56 Å². The Hall–Kier alpha value is -2.53. The molecule has 3 aromatic rings. The second-order valence-corrected chi connectivity index (χ2v) is 6.63. The Morgan fingerprint density at radius 1 is 1.13 bits per heavy atom. The number of aliphatic hydroxyl groups is 1. The van der Waals surface area contributed by atoms with Crippen LogP contribution < -0.4 is 0 Å². The Morgan fingerprint density at radius 3 is 2.39 bits per heavy atom. The summed E-state index contributed by atoms with van der Waals surface area (Å²) in [5, 5.41) is 12.4. The molecule has 0 saturated carbocycles. The van der Waals surface area contributed by atoms with E-state index >= 15 is 0 Å². The summed E-state index contributed by atoms with van der Waals surface area (Å²) in [7, 11) is 0. The molecule has 5 nitrogen and oxygen atoms in total. The van der Waals surface area contributed by atoms with Crippen LogP contribution in [0.15, 0.2) is 47.8 Å². The largest absolute Gasteiger partial charge is 0.392 e. The normalized spacial score (nSPS) is 11.8. The lowest BCUT2D eigenvalue weighted by atomic mass is 9.86. The van der Waals surface area contributed by atoms with E-state index in [1.54, 1.807) is 22.7 Å². The van der Waals surface area contributed by atoms with E-state index in [0.29, 0.717) is 16.9 Å². The van der Waals surface area contributed by atoms with E-state index in [9.17, 15) is 10.0 Å². The molecular formula is C18H19N3O2. The number of nitroso groups, excluding NO2 is 1. The number of nitrogens with zero attached hydrogens (tertiary/aromatic N) is 3. The molecule has 3 rings (SSSR count). The van der Waals surface area contributed by atoms with Gasteiger partial charge in [-0.2, -0.15) is 0 Å². The number of aliphatic hydroxyl groups excluding tert-OH is 1.